The highest BCUT2D eigenvalue weighted by molar-refractivity contribution is 5.47. The molecule has 2 atom stereocenters. The van der Waals surface area contributed by atoms with Crippen LogP contribution in [0.15, 0.2) is 12.1 Å². The number of hydrogen-bond donors (Lipinski definition) is 2. The van der Waals surface area contributed by atoms with Gasteiger partial charge in [-0.3, -0.25) is 0 Å². The molecule has 2 saturated carbocycles. The summed E-state index contributed by atoms with van der Waals surface area (Å²) in [5.41, 5.74) is 0.848. The summed E-state index contributed by atoms with van der Waals surface area (Å²) in [6, 6.07) is 4.37. The van der Waals surface area contributed by atoms with E-state index in [1.54, 1.807) is 0 Å². The zero-order valence-electron chi connectivity index (χ0n) is 15.2. The van der Waals surface area contributed by atoms with Crippen LogP contribution in [0.3, 0.4) is 0 Å². The number of anilines is 1. The topological polar surface area (TPSA) is 78.6 Å². The monoisotopic (exact) mass is 356 g/mol. The Labute approximate surface area is 153 Å². The van der Waals surface area contributed by atoms with Crippen molar-refractivity contribution in [2.24, 2.45) is 5.92 Å². The fraction of sp³-hybridized carbons (Fsp3) is 0.737. The summed E-state index contributed by atoms with van der Waals surface area (Å²) in [5.74, 6) is 3.21. The second-order valence-electron chi connectivity index (χ2n) is 8.29. The van der Waals surface area contributed by atoms with Gasteiger partial charge < -0.3 is 15.3 Å². The van der Waals surface area contributed by atoms with Crippen molar-refractivity contribution in [3.63, 3.8) is 0 Å². The van der Waals surface area contributed by atoms with E-state index < -0.39 is 0 Å². The number of aromatic nitrogens is 4. The maximum Gasteiger partial charge on any atom is 0.178 e. The molecule has 2 aromatic heterocycles. The minimum atomic E-state index is -0.164. The van der Waals surface area contributed by atoms with Crippen molar-refractivity contribution in [2.75, 3.05) is 24.5 Å². The van der Waals surface area contributed by atoms with E-state index in [-0.39, 0.29) is 12.1 Å². The van der Waals surface area contributed by atoms with Crippen molar-refractivity contribution in [3.8, 4) is 0 Å². The van der Waals surface area contributed by atoms with Crippen LogP contribution in [0.1, 0.15) is 56.7 Å². The average molecular weight is 356 g/mol. The molecule has 1 saturated heterocycles. The van der Waals surface area contributed by atoms with Gasteiger partial charge in [0.2, 0.25) is 0 Å². The molecule has 7 nitrogen and oxygen atoms in total. The Morgan fingerprint density at radius 2 is 1.88 bits per heavy atom. The Hall–Kier alpha value is -1.73. The van der Waals surface area contributed by atoms with Crippen LogP contribution in [0.4, 0.5) is 5.82 Å². The Kier molecular flexibility index (Phi) is 4.29. The molecule has 0 bridgehead atoms. The lowest BCUT2D eigenvalue weighted by atomic mass is 9.85. The molecule has 3 aliphatic rings. The standard InChI is InChI=1S/C19H28N6O/c26-16-7-2-1-6-15(16)20-10-13-11-24(12-13)18-9-8-17-21-22-19(25(17)23-18)14-4-3-5-14/h8-9,13-16,20,26H,1-7,10-12H2. The molecular weight excluding hydrogens is 328 g/mol. The molecule has 0 radical (unpaired) electrons. The largest absolute Gasteiger partial charge is 0.392 e. The van der Waals surface area contributed by atoms with Gasteiger partial charge in [0.05, 0.1) is 6.10 Å². The van der Waals surface area contributed by atoms with Gasteiger partial charge in [-0.05, 0) is 37.8 Å². The second-order valence-corrected chi connectivity index (χ2v) is 8.29. The molecule has 0 spiro atoms. The van der Waals surface area contributed by atoms with E-state index in [0.29, 0.717) is 11.8 Å². The summed E-state index contributed by atoms with van der Waals surface area (Å²) >= 11 is 0. The van der Waals surface area contributed by atoms with E-state index >= 15 is 0 Å². The predicted octanol–water partition coefficient (Wildman–Crippen LogP) is 1.72. The summed E-state index contributed by atoms with van der Waals surface area (Å²) in [6.45, 7) is 3.03. The van der Waals surface area contributed by atoms with Gasteiger partial charge in [0.1, 0.15) is 5.82 Å². The summed E-state index contributed by atoms with van der Waals surface area (Å²) in [6.07, 6.45) is 7.98. The Morgan fingerprint density at radius 3 is 2.65 bits per heavy atom. The van der Waals surface area contributed by atoms with Crippen molar-refractivity contribution in [1.82, 2.24) is 25.1 Å². The molecule has 2 aromatic rings. The first-order valence-electron chi connectivity index (χ1n) is 10.2. The number of nitrogens with zero attached hydrogens (tertiary/aromatic N) is 5. The minimum Gasteiger partial charge on any atom is -0.392 e. The normalized spacial score (nSPS) is 27.5. The fourth-order valence-corrected chi connectivity index (χ4v) is 4.44. The number of aliphatic hydroxyl groups is 1. The van der Waals surface area contributed by atoms with Crippen LogP contribution < -0.4 is 10.2 Å². The molecule has 5 rings (SSSR count). The number of fused-ring (bicyclic) bond motifs is 1. The molecule has 26 heavy (non-hydrogen) atoms. The lowest BCUT2D eigenvalue weighted by Gasteiger charge is -2.41. The molecule has 2 N–H and O–H groups in total. The van der Waals surface area contributed by atoms with E-state index in [9.17, 15) is 5.11 Å². The molecule has 3 heterocycles. The minimum absolute atomic E-state index is 0.164. The Balaban J connectivity index is 1.19. The molecule has 0 amide bonds. The molecule has 1 aliphatic heterocycles. The smallest absolute Gasteiger partial charge is 0.178 e. The van der Waals surface area contributed by atoms with Crippen molar-refractivity contribution >= 4 is 11.5 Å². The first-order chi connectivity index (χ1) is 12.8. The zero-order valence-corrected chi connectivity index (χ0v) is 15.2. The van der Waals surface area contributed by atoms with Crippen LogP contribution in [-0.2, 0) is 0 Å². The zero-order chi connectivity index (χ0) is 17.5. The van der Waals surface area contributed by atoms with Crippen LogP contribution in [0, 0.1) is 5.92 Å². The van der Waals surface area contributed by atoms with E-state index in [0.717, 1.165) is 56.2 Å². The third kappa shape index (κ3) is 2.97. The predicted molar refractivity (Wildman–Crippen MR) is 99.3 cm³/mol. The van der Waals surface area contributed by atoms with Crippen molar-refractivity contribution < 1.29 is 5.11 Å². The highest BCUT2D eigenvalue weighted by Crippen LogP contribution is 2.35. The molecule has 140 valence electrons. The maximum atomic E-state index is 10.1. The maximum absolute atomic E-state index is 10.1. The molecule has 2 unspecified atom stereocenters. The third-order valence-electron chi connectivity index (χ3n) is 6.42. The fourth-order valence-electron chi connectivity index (χ4n) is 4.44. The van der Waals surface area contributed by atoms with Gasteiger partial charge in [-0.25, -0.2) is 0 Å². The summed E-state index contributed by atoms with van der Waals surface area (Å²) in [7, 11) is 0. The Bertz CT molecular complexity index is 766. The summed E-state index contributed by atoms with van der Waals surface area (Å²) in [5, 5.41) is 27.1. The van der Waals surface area contributed by atoms with Gasteiger partial charge in [-0.15, -0.1) is 15.3 Å². The van der Waals surface area contributed by atoms with Crippen LogP contribution in [0.25, 0.3) is 5.65 Å². The van der Waals surface area contributed by atoms with Gasteiger partial charge in [-0.1, -0.05) is 19.3 Å². The molecule has 0 aromatic carbocycles. The van der Waals surface area contributed by atoms with Crippen LogP contribution in [-0.4, -0.2) is 56.7 Å². The van der Waals surface area contributed by atoms with Crippen LogP contribution in [0.2, 0.25) is 0 Å². The van der Waals surface area contributed by atoms with E-state index in [2.05, 4.69) is 26.5 Å². The second kappa shape index (κ2) is 6.78. The van der Waals surface area contributed by atoms with Gasteiger partial charge >= 0.3 is 0 Å². The van der Waals surface area contributed by atoms with Crippen molar-refractivity contribution in [1.29, 1.82) is 0 Å². The molecule has 7 heteroatoms. The first-order valence-corrected chi connectivity index (χ1v) is 10.2. The number of nitrogens with one attached hydrogen (secondary N) is 1. The number of aliphatic hydroxyl groups excluding tert-OH is 1. The molecule has 2 aliphatic carbocycles. The lowest BCUT2D eigenvalue weighted by Crippen LogP contribution is -2.54. The average Bonchev–Trinajstić information content (AvgIpc) is 2.97. The van der Waals surface area contributed by atoms with Crippen LogP contribution in [0.5, 0.6) is 0 Å². The highest BCUT2D eigenvalue weighted by Gasteiger charge is 2.31. The summed E-state index contributed by atoms with van der Waals surface area (Å²) < 4.78 is 1.95. The lowest BCUT2D eigenvalue weighted by molar-refractivity contribution is 0.0879. The molecule has 3 fully saturated rings. The van der Waals surface area contributed by atoms with Gasteiger partial charge in [0.15, 0.2) is 11.5 Å². The van der Waals surface area contributed by atoms with E-state index in [1.807, 2.05) is 10.6 Å². The Morgan fingerprint density at radius 1 is 1.04 bits per heavy atom. The van der Waals surface area contributed by atoms with Crippen molar-refractivity contribution in [2.45, 2.75) is 63.0 Å². The molecular formula is C19H28N6O. The van der Waals surface area contributed by atoms with Gasteiger partial charge in [-0.2, -0.15) is 4.52 Å². The van der Waals surface area contributed by atoms with E-state index in [4.69, 9.17) is 5.10 Å². The highest BCUT2D eigenvalue weighted by atomic mass is 16.3. The van der Waals surface area contributed by atoms with Crippen molar-refractivity contribution in [3.05, 3.63) is 18.0 Å². The van der Waals surface area contributed by atoms with E-state index in [1.165, 1.54) is 25.7 Å². The number of hydrogen-bond acceptors (Lipinski definition) is 6. The summed E-state index contributed by atoms with van der Waals surface area (Å²) in [4.78, 5) is 2.33. The SMILES string of the molecule is OC1CCCCC1NCC1CN(c2ccc3nnc(C4CCC4)n3n2)C1. The van der Waals surface area contributed by atoms with Crippen LogP contribution >= 0.6 is 0 Å². The van der Waals surface area contributed by atoms with Gasteiger partial charge in [0, 0.05) is 37.5 Å². The van der Waals surface area contributed by atoms with Gasteiger partial charge in [0.25, 0.3) is 0 Å². The first kappa shape index (κ1) is 16.4. The number of rotatable bonds is 5. The third-order valence-corrected chi connectivity index (χ3v) is 6.42. The quantitative estimate of drug-likeness (QED) is 0.849.